The average molecular weight is 368 g/mol. The molecule has 0 saturated heterocycles. The van der Waals surface area contributed by atoms with Crippen LogP contribution < -0.4 is 5.56 Å². The lowest BCUT2D eigenvalue weighted by atomic mass is 10.1. The van der Waals surface area contributed by atoms with Crippen molar-refractivity contribution in [2.45, 2.75) is 39.3 Å². The third kappa shape index (κ3) is 4.40. The minimum absolute atomic E-state index is 0.318. The van der Waals surface area contributed by atoms with Crippen molar-refractivity contribution in [3.8, 4) is 11.1 Å². The van der Waals surface area contributed by atoms with Crippen LogP contribution in [0.15, 0.2) is 41.3 Å². The predicted molar refractivity (Wildman–Crippen MR) is 96.7 cm³/mol. The molecule has 0 aliphatic heterocycles. The highest BCUT2D eigenvalue weighted by molar-refractivity contribution is 6.35. The molecule has 1 atom stereocenters. The number of halogens is 2. The molecule has 2 rings (SSSR count). The molecule has 24 heavy (non-hydrogen) atoms. The molecule has 1 aromatic heterocycles. The zero-order chi connectivity index (χ0) is 18.1. The number of nitrogens with zero attached hydrogens (tertiary/aromatic N) is 1. The Morgan fingerprint density at radius 2 is 1.83 bits per heavy atom. The number of rotatable bonds is 3. The van der Waals surface area contributed by atoms with Crippen molar-refractivity contribution in [3.05, 3.63) is 56.9 Å². The second-order valence-corrected chi connectivity index (χ2v) is 7.34. The maximum absolute atomic E-state index is 12.4. The fraction of sp³-hybridized carbons (Fsp3) is 0.333. The highest BCUT2D eigenvalue weighted by Gasteiger charge is 2.23. The first kappa shape index (κ1) is 18.6. The maximum atomic E-state index is 12.4. The van der Waals surface area contributed by atoms with E-state index in [-0.39, 0.29) is 5.56 Å². The molecular weight excluding hydrogens is 349 g/mol. The Morgan fingerprint density at radius 1 is 1.17 bits per heavy atom. The van der Waals surface area contributed by atoms with Crippen molar-refractivity contribution in [3.63, 3.8) is 0 Å². The normalized spacial score (nSPS) is 12.8. The molecule has 0 aliphatic rings. The van der Waals surface area contributed by atoms with Gasteiger partial charge in [0.25, 0.3) is 5.56 Å². The molecule has 0 radical (unpaired) electrons. The lowest BCUT2D eigenvalue weighted by Crippen LogP contribution is -2.33. The highest BCUT2D eigenvalue weighted by atomic mass is 35.5. The number of pyridine rings is 1. The molecule has 2 aromatic rings. The van der Waals surface area contributed by atoms with Crippen molar-refractivity contribution in [1.82, 2.24) is 4.57 Å². The predicted octanol–water partition coefficient (Wildman–Crippen LogP) is 4.72. The molecule has 1 heterocycles. The standard InChI is InChI=1S/C18H19Cl2NO3/c1-11(17(23)24-18(2,3)4)21-8-7-12(9-16(21)22)14-10-13(19)5-6-15(14)20/h5-11H,1-4H3. The zero-order valence-corrected chi connectivity index (χ0v) is 15.5. The smallest absolute Gasteiger partial charge is 0.329 e. The molecule has 0 bridgehead atoms. The number of carbonyl (C=O) groups is 1. The van der Waals surface area contributed by atoms with Gasteiger partial charge in [0.05, 0.1) is 0 Å². The quantitative estimate of drug-likeness (QED) is 0.737. The minimum atomic E-state index is -0.722. The van der Waals surface area contributed by atoms with Crippen LogP contribution >= 0.6 is 23.2 Å². The van der Waals surface area contributed by atoms with Crippen molar-refractivity contribution >= 4 is 29.2 Å². The van der Waals surface area contributed by atoms with E-state index in [0.717, 1.165) is 0 Å². The first-order chi connectivity index (χ1) is 11.1. The third-order valence-corrected chi connectivity index (χ3v) is 3.92. The maximum Gasteiger partial charge on any atom is 0.329 e. The SMILES string of the molecule is CC(C(=O)OC(C)(C)C)n1ccc(-c2cc(Cl)ccc2Cl)cc1=O. The van der Waals surface area contributed by atoms with Crippen LogP contribution in [0.3, 0.4) is 0 Å². The van der Waals surface area contributed by atoms with Gasteiger partial charge in [-0.05, 0) is 57.5 Å². The van der Waals surface area contributed by atoms with Gasteiger partial charge in [-0.15, -0.1) is 0 Å². The van der Waals surface area contributed by atoms with E-state index in [2.05, 4.69) is 0 Å². The van der Waals surface area contributed by atoms with Crippen molar-refractivity contribution < 1.29 is 9.53 Å². The van der Waals surface area contributed by atoms with Gasteiger partial charge in [0.1, 0.15) is 11.6 Å². The first-order valence-electron chi connectivity index (χ1n) is 7.49. The fourth-order valence-electron chi connectivity index (χ4n) is 2.20. The molecule has 128 valence electrons. The van der Waals surface area contributed by atoms with Gasteiger partial charge in [0, 0.05) is 27.9 Å². The summed E-state index contributed by atoms with van der Waals surface area (Å²) < 4.78 is 6.65. The van der Waals surface area contributed by atoms with Gasteiger partial charge in [0.2, 0.25) is 0 Å². The summed E-state index contributed by atoms with van der Waals surface area (Å²) in [7, 11) is 0. The molecule has 0 spiro atoms. The molecule has 0 N–H and O–H groups in total. The van der Waals surface area contributed by atoms with E-state index in [1.807, 2.05) is 0 Å². The number of ether oxygens (including phenoxy) is 1. The third-order valence-electron chi connectivity index (χ3n) is 3.35. The summed E-state index contributed by atoms with van der Waals surface area (Å²) >= 11 is 12.2. The van der Waals surface area contributed by atoms with E-state index in [0.29, 0.717) is 21.2 Å². The molecule has 6 heteroatoms. The number of hydrogen-bond acceptors (Lipinski definition) is 3. The molecular formula is C18H19Cl2NO3. The molecule has 0 saturated carbocycles. The number of esters is 1. The van der Waals surface area contributed by atoms with E-state index in [9.17, 15) is 9.59 Å². The average Bonchev–Trinajstić information content (AvgIpc) is 2.47. The molecule has 0 fully saturated rings. The van der Waals surface area contributed by atoms with Gasteiger partial charge in [-0.3, -0.25) is 4.79 Å². The number of carbonyl (C=O) groups excluding carboxylic acids is 1. The Morgan fingerprint density at radius 3 is 2.42 bits per heavy atom. The molecule has 1 aromatic carbocycles. The molecule has 0 amide bonds. The monoisotopic (exact) mass is 367 g/mol. The van der Waals surface area contributed by atoms with Crippen molar-refractivity contribution in [2.75, 3.05) is 0 Å². The van der Waals surface area contributed by atoms with Gasteiger partial charge in [-0.1, -0.05) is 23.2 Å². The molecule has 1 unspecified atom stereocenters. The van der Waals surface area contributed by atoms with Crippen LogP contribution in [0.25, 0.3) is 11.1 Å². The molecule has 4 nitrogen and oxygen atoms in total. The summed E-state index contributed by atoms with van der Waals surface area (Å²) in [5.41, 5.74) is 0.379. The van der Waals surface area contributed by atoms with Gasteiger partial charge in [0.15, 0.2) is 0 Å². The number of hydrogen-bond donors (Lipinski definition) is 0. The van der Waals surface area contributed by atoms with Crippen LogP contribution in [0.5, 0.6) is 0 Å². The van der Waals surface area contributed by atoms with E-state index in [4.69, 9.17) is 27.9 Å². The minimum Gasteiger partial charge on any atom is -0.458 e. The van der Waals surface area contributed by atoms with Gasteiger partial charge in [-0.2, -0.15) is 0 Å². The summed E-state index contributed by atoms with van der Waals surface area (Å²) in [6.07, 6.45) is 1.56. The van der Waals surface area contributed by atoms with Gasteiger partial charge < -0.3 is 9.30 Å². The summed E-state index contributed by atoms with van der Waals surface area (Å²) in [5.74, 6) is -0.460. The van der Waals surface area contributed by atoms with E-state index in [1.165, 1.54) is 10.6 Å². The number of benzene rings is 1. The topological polar surface area (TPSA) is 48.3 Å². The molecule has 0 aliphatic carbocycles. The fourth-order valence-corrected chi connectivity index (χ4v) is 2.60. The summed E-state index contributed by atoms with van der Waals surface area (Å²) in [4.78, 5) is 24.5. The summed E-state index contributed by atoms with van der Waals surface area (Å²) in [6.45, 7) is 6.97. The lowest BCUT2D eigenvalue weighted by Gasteiger charge is -2.23. The summed E-state index contributed by atoms with van der Waals surface area (Å²) in [5, 5.41) is 1.03. The van der Waals surface area contributed by atoms with Gasteiger partial charge in [-0.25, -0.2) is 4.79 Å². The first-order valence-corrected chi connectivity index (χ1v) is 8.24. The van der Waals surface area contributed by atoms with Crippen LogP contribution in [0.2, 0.25) is 10.0 Å². The Kier molecular flexibility index (Phi) is 5.41. The van der Waals surface area contributed by atoms with E-state index < -0.39 is 17.6 Å². The second kappa shape index (κ2) is 6.99. The van der Waals surface area contributed by atoms with Crippen LogP contribution in [-0.2, 0) is 9.53 Å². The van der Waals surface area contributed by atoms with Crippen LogP contribution in [-0.4, -0.2) is 16.1 Å². The Hall–Kier alpha value is -1.78. The van der Waals surface area contributed by atoms with Crippen molar-refractivity contribution in [1.29, 1.82) is 0 Å². The largest absolute Gasteiger partial charge is 0.458 e. The van der Waals surface area contributed by atoms with E-state index in [1.54, 1.807) is 58.2 Å². The van der Waals surface area contributed by atoms with Crippen LogP contribution in [0.4, 0.5) is 0 Å². The van der Waals surface area contributed by atoms with E-state index >= 15 is 0 Å². The summed E-state index contributed by atoms with van der Waals surface area (Å²) in [6, 6.07) is 7.48. The highest BCUT2D eigenvalue weighted by Crippen LogP contribution is 2.29. The van der Waals surface area contributed by atoms with Gasteiger partial charge >= 0.3 is 5.97 Å². The lowest BCUT2D eigenvalue weighted by molar-refractivity contribution is -0.158. The Bertz CT molecular complexity index is 822. The second-order valence-electron chi connectivity index (χ2n) is 6.49. The Labute approximate surface area is 151 Å². The van der Waals surface area contributed by atoms with Crippen LogP contribution in [0, 0.1) is 0 Å². The number of aromatic nitrogens is 1. The Balaban J connectivity index is 2.35. The van der Waals surface area contributed by atoms with Crippen LogP contribution in [0.1, 0.15) is 33.7 Å². The zero-order valence-electron chi connectivity index (χ0n) is 14.0. The van der Waals surface area contributed by atoms with Crippen molar-refractivity contribution in [2.24, 2.45) is 0 Å².